The topological polar surface area (TPSA) is 135 Å². The molecule has 0 saturated heterocycles. The molecular weight excluding hydrogens is 487 g/mol. The number of halogens is 3. The van der Waals surface area contributed by atoms with E-state index in [1.54, 1.807) is 30.3 Å². The lowest BCUT2D eigenvalue weighted by Gasteiger charge is -2.24. The van der Waals surface area contributed by atoms with Crippen LogP contribution in [-0.2, 0) is 33.5 Å². The fourth-order valence-corrected chi connectivity index (χ4v) is 3.46. The molecule has 198 valence electrons. The van der Waals surface area contributed by atoms with Gasteiger partial charge in [-0.05, 0) is 35.6 Å². The van der Waals surface area contributed by atoms with Crippen molar-refractivity contribution in [2.45, 2.75) is 51.5 Å². The highest BCUT2D eigenvalue weighted by Gasteiger charge is 2.30. The Kier molecular flexibility index (Phi) is 10.5. The van der Waals surface area contributed by atoms with Gasteiger partial charge in [-0.3, -0.25) is 19.8 Å². The van der Waals surface area contributed by atoms with Crippen LogP contribution in [0.2, 0.25) is 0 Å². The van der Waals surface area contributed by atoms with Crippen LogP contribution in [0.1, 0.15) is 37.0 Å². The molecule has 0 radical (unpaired) electrons. The first kappa shape index (κ1) is 29.2. The van der Waals surface area contributed by atoms with Gasteiger partial charge in [0, 0.05) is 19.2 Å². The number of hydrogen-bond donors (Lipinski definition) is 5. The maximum absolute atomic E-state index is 13.2. The van der Waals surface area contributed by atoms with Crippen LogP contribution in [0.3, 0.4) is 0 Å². The molecule has 2 rings (SSSR count). The Hall–Kier alpha value is -4.02. The first-order valence-corrected chi connectivity index (χ1v) is 11.6. The zero-order chi connectivity index (χ0) is 27.6. The van der Waals surface area contributed by atoms with E-state index in [-0.39, 0.29) is 25.3 Å². The Morgan fingerprint density at radius 2 is 1.51 bits per heavy atom. The van der Waals surface area contributed by atoms with Crippen LogP contribution in [0.15, 0.2) is 54.6 Å². The van der Waals surface area contributed by atoms with Gasteiger partial charge in [0.25, 0.3) is 5.91 Å². The molecule has 0 aliphatic carbocycles. The van der Waals surface area contributed by atoms with Crippen LogP contribution in [0.25, 0.3) is 0 Å². The SMILES string of the molecule is CC(C)C[C@H](NC(=O)C(Cc1ccccc1)NC(=O)C(=N)C=N)C(=O)NCc1ccc(C(F)(F)F)cc1. The van der Waals surface area contributed by atoms with Gasteiger partial charge in [0.05, 0.1) is 5.56 Å². The average Bonchev–Trinajstić information content (AvgIpc) is 2.85. The number of carbonyl (C=O) groups excluding carboxylic acids is 3. The molecule has 1 unspecified atom stereocenters. The highest BCUT2D eigenvalue weighted by Crippen LogP contribution is 2.29. The maximum Gasteiger partial charge on any atom is 0.416 e. The predicted molar refractivity (Wildman–Crippen MR) is 133 cm³/mol. The second kappa shape index (κ2) is 13.3. The lowest BCUT2D eigenvalue weighted by molar-refractivity contribution is -0.137. The third-order valence-electron chi connectivity index (χ3n) is 5.38. The summed E-state index contributed by atoms with van der Waals surface area (Å²) >= 11 is 0. The van der Waals surface area contributed by atoms with E-state index in [0.29, 0.717) is 11.8 Å². The van der Waals surface area contributed by atoms with E-state index in [1.165, 1.54) is 12.1 Å². The number of nitrogens with one attached hydrogen (secondary N) is 5. The monoisotopic (exact) mass is 517 g/mol. The first-order chi connectivity index (χ1) is 17.4. The van der Waals surface area contributed by atoms with Crippen molar-refractivity contribution in [1.29, 1.82) is 10.8 Å². The van der Waals surface area contributed by atoms with Gasteiger partial charge < -0.3 is 21.4 Å². The molecule has 37 heavy (non-hydrogen) atoms. The molecular formula is C26H30F3N5O3. The molecule has 0 aliphatic rings. The summed E-state index contributed by atoms with van der Waals surface area (Å²) in [6.07, 6.45) is -3.54. The van der Waals surface area contributed by atoms with Crippen LogP contribution in [0.5, 0.6) is 0 Å². The van der Waals surface area contributed by atoms with Crippen LogP contribution in [0, 0.1) is 16.7 Å². The molecule has 2 aromatic carbocycles. The average molecular weight is 518 g/mol. The molecule has 2 atom stereocenters. The Balaban J connectivity index is 2.13. The van der Waals surface area contributed by atoms with E-state index in [9.17, 15) is 27.6 Å². The van der Waals surface area contributed by atoms with Crippen LogP contribution in [0.4, 0.5) is 13.2 Å². The maximum atomic E-state index is 13.2. The molecule has 0 fully saturated rings. The van der Waals surface area contributed by atoms with Gasteiger partial charge in [0.2, 0.25) is 11.8 Å². The highest BCUT2D eigenvalue weighted by atomic mass is 19.4. The minimum absolute atomic E-state index is 0.00961. The van der Waals surface area contributed by atoms with Gasteiger partial charge in [-0.25, -0.2) is 0 Å². The Morgan fingerprint density at radius 3 is 2.05 bits per heavy atom. The van der Waals surface area contributed by atoms with Crippen molar-refractivity contribution in [3.05, 3.63) is 71.3 Å². The molecule has 2 aromatic rings. The van der Waals surface area contributed by atoms with Gasteiger partial charge in [-0.15, -0.1) is 0 Å². The zero-order valence-corrected chi connectivity index (χ0v) is 20.5. The number of rotatable bonds is 12. The molecule has 3 amide bonds. The van der Waals surface area contributed by atoms with E-state index in [0.717, 1.165) is 17.7 Å². The van der Waals surface area contributed by atoms with E-state index in [2.05, 4.69) is 16.0 Å². The number of carbonyl (C=O) groups is 3. The van der Waals surface area contributed by atoms with Crippen LogP contribution >= 0.6 is 0 Å². The summed E-state index contributed by atoms with van der Waals surface area (Å²) in [5.74, 6) is -2.07. The normalized spacial score (nSPS) is 12.8. The van der Waals surface area contributed by atoms with E-state index >= 15 is 0 Å². The summed E-state index contributed by atoms with van der Waals surface area (Å²) in [5.41, 5.74) is -0.235. The van der Waals surface area contributed by atoms with Gasteiger partial charge in [0.15, 0.2) is 0 Å². The van der Waals surface area contributed by atoms with Gasteiger partial charge in [-0.1, -0.05) is 56.3 Å². The number of hydrogen-bond acceptors (Lipinski definition) is 5. The van der Waals surface area contributed by atoms with Crippen molar-refractivity contribution < 1.29 is 27.6 Å². The molecule has 0 spiro atoms. The summed E-state index contributed by atoms with van der Waals surface area (Å²) in [5, 5.41) is 22.4. The van der Waals surface area contributed by atoms with Gasteiger partial charge in [0.1, 0.15) is 17.8 Å². The summed E-state index contributed by atoms with van der Waals surface area (Å²) in [6.45, 7) is 3.68. The minimum atomic E-state index is -4.46. The third-order valence-corrected chi connectivity index (χ3v) is 5.38. The standard InChI is InChI=1S/C26H30F3N5O3/c1-16(2)12-21(24(36)32-15-18-8-10-19(11-9-18)26(27,28)29)34-25(37)22(33-23(35)20(31)14-30)13-17-6-4-3-5-7-17/h3-11,14,16,21-22,30-31H,12-13,15H2,1-2H3,(H,32,36)(H,33,35)(H,34,37)/t21-,22?/m0/s1. The zero-order valence-electron chi connectivity index (χ0n) is 20.5. The fraction of sp³-hybridized carbons (Fsp3) is 0.346. The lowest BCUT2D eigenvalue weighted by Crippen LogP contribution is -2.55. The minimum Gasteiger partial charge on any atom is -0.350 e. The molecule has 0 aromatic heterocycles. The first-order valence-electron chi connectivity index (χ1n) is 11.6. The lowest BCUT2D eigenvalue weighted by atomic mass is 10.0. The van der Waals surface area contributed by atoms with Crippen LogP contribution in [-0.4, -0.2) is 41.7 Å². The predicted octanol–water partition coefficient (Wildman–Crippen LogP) is 3.25. The summed E-state index contributed by atoms with van der Waals surface area (Å²) in [7, 11) is 0. The quantitative estimate of drug-likeness (QED) is 0.277. The number of benzene rings is 2. The molecule has 11 heteroatoms. The van der Waals surface area contributed by atoms with Crippen molar-refractivity contribution >= 4 is 29.6 Å². The largest absolute Gasteiger partial charge is 0.416 e. The van der Waals surface area contributed by atoms with Gasteiger partial charge in [-0.2, -0.15) is 13.2 Å². The summed E-state index contributed by atoms with van der Waals surface area (Å²) < 4.78 is 38.3. The van der Waals surface area contributed by atoms with Crippen molar-refractivity contribution in [1.82, 2.24) is 16.0 Å². The second-order valence-electron chi connectivity index (χ2n) is 8.88. The summed E-state index contributed by atoms with van der Waals surface area (Å²) in [6, 6.07) is 11.1. The molecule has 0 heterocycles. The third kappa shape index (κ3) is 9.51. The van der Waals surface area contributed by atoms with E-state index < -0.39 is 47.3 Å². The molecule has 0 bridgehead atoms. The highest BCUT2D eigenvalue weighted by molar-refractivity contribution is 6.59. The number of alkyl halides is 3. The smallest absolute Gasteiger partial charge is 0.350 e. The van der Waals surface area contributed by atoms with Crippen LogP contribution < -0.4 is 16.0 Å². The Labute approximate surface area is 213 Å². The summed E-state index contributed by atoms with van der Waals surface area (Å²) in [4.78, 5) is 38.3. The van der Waals surface area contributed by atoms with Crippen molar-refractivity contribution in [3.8, 4) is 0 Å². The number of amides is 3. The second-order valence-corrected chi connectivity index (χ2v) is 8.88. The molecule has 0 aliphatic heterocycles. The fourth-order valence-electron chi connectivity index (χ4n) is 3.46. The molecule has 5 N–H and O–H groups in total. The molecule has 0 saturated carbocycles. The van der Waals surface area contributed by atoms with E-state index in [1.807, 2.05) is 13.8 Å². The molecule has 8 nitrogen and oxygen atoms in total. The Morgan fingerprint density at radius 1 is 0.892 bits per heavy atom. The Bertz CT molecular complexity index is 1100. The van der Waals surface area contributed by atoms with Crippen molar-refractivity contribution in [2.75, 3.05) is 0 Å². The van der Waals surface area contributed by atoms with Gasteiger partial charge >= 0.3 is 6.18 Å². The van der Waals surface area contributed by atoms with Crippen molar-refractivity contribution in [2.24, 2.45) is 5.92 Å². The van der Waals surface area contributed by atoms with Crippen molar-refractivity contribution in [3.63, 3.8) is 0 Å². The van der Waals surface area contributed by atoms with E-state index in [4.69, 9.17) is 10.8 Å².